The molecule has 1 unspecified atom stereocenters. The van der Waals surface area contributed by atoms with Crippen LogP contribution in [-0.4, -0.2) is 67.3 Å². The molecule has 0 radical (unpaired) electrons. The number of halogens is 4. The highest BCUT2D eigenvalue weighted by Crippen LogP contribution is 2.47. The molecule has 1 saturated carbocycles. The van der Waals surface area contributed by atoms with Crippen LogP contribution in [0.2, 0.25) is 5.02 Å². The minimum Gasteiger partial charge on any atom is -0.487 e. The molecule has 1 aliphatic carbocycles. The van der Waals surface area contributed by atoms with Gasteiger partial charge in [0.05, 0.1) is 17.4 Å². The second-order valence-electron chi connectivity index (χ2n) is 12.6. The molecular formula is C31H39ClF2IN5O5. The maximum atomic E-state index is 14.5. The Kier molecular flexibility index (Phi) is 10.3. The topological polar surface area (TPSA) is 118 Å². The van der Waals surface area contributed by atoms with Crippen molar-refractivity contribution < 1.29 is 33.0 Å². The fourth-order valence-corrected chi connectivity index (χ4v) is 8.07. The molecule has 14 heteroatoms. The van der Waals surface area contributed by atoms with Crippen LogP contribution in [0.15, 0.2) is 12.1 Å². The third kappa shape index (κ3) is 6.93. The summed E-state index contributed by atoms with van der Waals surface area (Å²) in [5.74, 6) is -1.64. The van der Waals surface area contributed by atoms with Crippen molar-refractivity contribution in [3.63, 3.8) is 0 Å². The smallest absolute Gasteiger partial charge is 0.339 e. The van der Waals surface area contributed by atoms with E-state index in [9.17, 15) is 28.3 Å². The van der Waals surface area contributed by atoms with Crippen molar-refractivity contribution in [3.05, 3.63) is 39.7 Å². The van der Waals surface area contributed by atoms with E-state index in [2.05, 4.69) is 10.3 Å². The third-order valence-electron chi connectivity index (χ3n) is 9.69. The van der Waals surface area contributed by atoms with E-state index >= 15 is 0 Å². The molecule has 3 aliphatic rings. The first-order valence-corrected chi connectivity index (χ1v) is 17.0. The van der Waals surface area contributed by atoms with Crippen LogP contribution in [-0.2, 0) is 38.4 Å². The van der Waals surface area contributed by atoms with Crippen molar-refractivity contribution in [2.75, 3.05) is 19.6 Å². The Morgan fingerprint density at radius 3 is 2.64 bits per heavy atom. The average molecular weight is 762 g/mol. The lowest BCUT2D eigenvalue weighted by Gasteiger charge is -2.45. The zero-order valence-corrected chi connectivity index (χ0v) is 28.5. The quantitative estimate of drug-likeness (QED) is 0.258. The summed E-state index contributed by atoms with van der Waals surface area (Å²) in [5, 5.41) is 18.4. The van der Waals surface area contributed by atoms with Crippen molar-refractivity contribution >= 4 is 52.0 Å². The first-order chi connectivity index (χ1) is 21.3. The first kappa shape index (κ1) is 33.8. The number of nitrogens with zero attached hydrogens (tertiary/aromatic N) is 5. The lowest BCUT2D eigenvalue weighted by atomic mass is 9.66. The highest BCUT2D eigenvalue weighted by atomic mass is 127. The van der Waals surface area contributed by atoms with Gasteiger partial charge in [-0.25, -0.2) is 4.68 Å². The lowest BCUT2D eigenvalue weighted by molar-refractivity contribution is -0.163. The van der Waals surface area contributed by atoms with E-state index in [-0.39, 0.29) is 36.4 Å². The van der Waals surface area contributed by atoms with Gasteiger partial charge in [0, 0.05) is 66.3 Å². The monoisotopic (exact) mass is 761 g/mol. The van der Waals surface area contributed by atoms with Crippen molar-refractivity contribution in [1.82, 2.24) is 24.8 Å². The predicted octanol–water partition coefficient (Wildman–Crippen LogP) is 6.03. The van der Waals surface area contributed by atoms with Gasteiger partial charge >= 0.3 is 9.90 Å². The fourth-order valence-electron chi connectivity index (χ4n) is 7.15. The number of aliphatic carboxylic acids is 1. The largest absolute Gasteiger partial charge is 0.487 e. The molecular weight excluding hydrogens is 723 g/mol. The highest BCUT2D eigenvalue weighted by Gasteiger charge is 2.50. The van der Waals surface area contributed by atoms with E-state index in [1.54, 1.807) is 28.9 Å². The van der Waals surface area contributed by atoms with Gasteiger partial charge in [-0.15, -0.1) is 5.10 Å². The summed E-state index contributed by atoms with van der Waals surface area (Å²) in [7, 11) is 1.39. The summed E-state index contributed by atoms with van der Waals surface area (Å²) < 4.78 is 32.8. The number of carboxylic acids is 1. The number of likely N-dealkylation sites (tertiary alicyclic amines) is 1. The molecule has 2 aromatic rings. The van der Waals surface area contributed by atoms with Gasteiger partial charge in [-0.2, -0.15) is 8.78 Å². The van der Waals surface area contributed by atoms with Crippen molar-refractivity contribution in [2.45, 2.75) is 87.7 Å². The Morgan fingerprint density at radius 1 is 1.16 bits per heavy atom. The predicted molar refractivity (Wildman–Crippen MR) is 170 cm³/mol. The molecule has 0 spiro atoms. The van der Waals surface area contributed by atoms with Crippen LogP contribution in [0.4, 0.5) is 8.78 Å². The Bertz CT molecular complexity index is 1450. The summed E-state index contributed by atoms with van der Waals surface area (Å²) in [6.45, 7) is 2.36. The van der Waals surface area contributed by atoms with Crippen LogP contribution >= 0.6 is 34.2 Å². The van der Waals surface area contributed by atoms with Crippen LogP contribution in [0.5, 0.6) is 5.75 Å². The zero-order chi connectivity index (χ0) is 32.5. The van der Waals surface area contributed by atoms with E-state index in [0.717, 1.165) is 71.4 Å². The van der Waals surface area contributed by atoms with Gasteiger partial charge in [0.25, 0.3) is 0 Å². The van der Waals surface area contributed by atoms with Crippen LogP contribution in [0.25, 0.3) is 0 Å². The number of rotatable bonds is 8. The SMILES string of the molecule is Cn1nnc(COc2ccc(Cl)c3c2C(CN2CCCCCCC2=O)N(C(=O)[C@@H]2CCCC[C@]2(C)C(=O)O)CC3)c1C(F)(F)I. The van der Waals surface area contributed by atoms with Gasteiger partial charge in [-0.3, -0.25) is 14.4 Å². The Balaban J connectivity index is 1.55. The van der Waals surface area contributed by atoms with Crippen LogP contribution in [0.3, 0.4) is 0 Å². The molecule has 2 fully saturated rings. The highest BCUT2D eigenvalue weighted by molar-refractivity contribution is 14.1. The first-order valence-electron chi connectivity index (χ1n) is 15.5. The van der Waals surface area contributed by atoms with Crippen LogP contribution in [0, 0.1) is 11.3 Å². The number of aryl methyl sites for hydroxylation is 1. The maximum Gasteiger partial charge on any atom is 0.339 e. The minimum atomic E-state index is -3.23. The zero-order valence-electron chi connectivity index (χ0n) is 25.5. The molecule has 0 bridgehead atoms. The standard InChI is InChI=1S/C31H39ClF2IN5O5/c1-30(29(43)44)14-7-6-9-20(30)28(42)40-16-13-19-21(32)11-12-24(45-18-22-27(31(33,34)35)38(2)37-36-22)26(19)23(40)17-39-15-8-4-3-5-10-25(39)41/h11-12,20,23H,3-10,13-18H2,1-2H3,(H,43,44)/t20-,23?,30-/m0/s1. The van der Waals surface area contributed by atoms with Gasteiger partial charge < -0.3 is 19.6 Å². The average Bonchev–Trinajstić information content (AvgIpc) is 3.37. The molecule has 2 aliphatic heterocycles. The van der Waals surface area contributed by atoms with Crippen molar-refractivity contribution in [2.24, 2.45) is 18.4 Å². The van der Waals surface area contributed by atoms with E-state index in [0.29, 0.717) is 55.1 Å². The number of carbonyl (C=O) groups is 3. The number of benzene rings is 1. The summed E-state index contributed by atoms with van der Waals surface area (Å²) >= 11 is 7.76. The summed E-state index contributed by atoms with van der Waals surface area (Å²) in [4.78, 5) is 43.7. The molecule has 5 rings (SSSR count). The summed E-state index contributed by atoms with van der Waals surface area (Å²) in [6.07, 6.45) is 6.75. The van der Waals surface area contributed by atoms with Crippen LogP contribution in [0.1, 0.15) is 93.3 Å². The number of aromatic nitrogens is 3. The number of hydrogen-bond acceptors (Lipinski definition) is 6. The number of carbonyl (C=O) groups excluding carboxylic acids is 2. The second-order valence-corrected chi connectivity index (χ2v) is 14.3. The number of ether oxygens (including phenoxy) is 1. The number of alkyl halides is 3. The molecule has 1 saturated heterocycles. The molecule has 1 N–H and O–H groups in total. The van der Waals surface area contributed by atoms with Crippen molar-refractivity contribution in [3.8, 4) is 5.75 Å². The van der Waals surface area contributed by atoms with Crippen LogP contribution < -0.4 is 4.74 Å². The summed E-state index contributed by atoms with van der Waals surface area (Å²) in [5.41, 5.74) is -0.255. The van der Waals surface area contributed by atoms with Gasteiger partial charge in [-0.05, 0) is 56.7 Å². The lowest BCUT2D eigenvalue weighted by Crippen LogP contribution is -2.53. The molecule has 10 nitrogen and oxygen atoms in total. The third-order valence-corrected chi connectivity index (χ3v) is 10.6. The van der Waals surface area contributed by atoms with E-state index < -0.39 is 27.3 Å². The Morgan fingerprint density at radius 2 is 1.91 bits per heavy atom. The molecule has 2 amide bonds. The molecule has 246 valence electrons. The minimum absolute atomic E-state index is 0.000221. The molecule has 3 atom stereocenters. The molecule has 1 aromatic heterocycles. The van der Waals surface area contributed by atoms with E-state index in [4.69, 9.17) is 16.3 Å². The maximum absolute atomic E-state index is 14.5. The van der Waals surface area contributed by atoms with Crippen molar-refractivity contribution in [1.29, 1.82) is 0 Å². The molecule has 1 aromatic carbocycles. The second kappa shape index (κ2) is 13.7. The Labute approximate surface area is 279 Å². The number of amides is 2. The molecule has 3 heterocycles. The van der Waals surface area contributed by atoms with Gasteiger partial charge in [0.2, 0.25) is 11.8 Å². The summed E-state index contributed by atoms with van der Waals surface area (Å²) in [6, 6.07) is 2.65. The Hall–Kier alpha value is -2.55. The number of carboxylic acid groups (broad SMARTS) is 1. The van der Waals surface area contributed by atoms with Gasteiger partial charge in [0.1, 0.15) is 23.7 Å². The number of hydrogen-bond donors (Lipinski definition) is 1. The normalized spacial score (nSPS) is 24.5. The van der Waals surface area contributed by atoms with E-state index in [1.807, 2.05) is 0 Å². The molecule has 45 heavy (non-hydrogen) atoms. The van der Waals surface area contributed by atoms with E-state index in [1.165, 1.54) is 7.05 Å². The number of fused-ring (bicyclic) bond motifs is 1. The van der Waals surface area contributed by atoms with Gasteiger partial charge in [-0.1, -0.05) is 42.5 Å². The fraction of sp³-hybridized carbons (Fsp3) is 0.645. The van der Waals surface area contributed by atoms with Gasteiger partial charge in [0.15, 0.2) is 0 Å².